The third-order valence-electron chi connectivity index (χ3n) is 3.50. The van der Waals surface area contributed by atoms with Gasteiger partial charge in [-0.25, -0.2) is 0 Å². The Labute approximate surface area is 94.9 Å². The summed E-state index contributed by atoms with van der Waals surface area (Å²) in [5.74, 6) is -0.983. The molecule has 4 nitrogen and oxygen atoms in total. The predicted octanol–water partition coefficient (Wildman–Crippen LogP) is 1.28. The van der Waals surface area contributed by atoms with Gasteiger partial charge in [-0.15, -0.1) is 0 Å². The second kappa shape index (κ2) is 4.68. The number of hydrogen-bond donors (Lipinski definition) is 1. The molecule has 0 radical (unpaired) electrons. The number of rotatable bonds is 2. The third-order valence-corrected chi connectivity index (χ3v) is 3.50. The Kier molecular flexibility index (Phi) is 3.27. The van der Waals surface area contributed by atoms with Crippen LogP contribution < -0.4 is 0 Å². The van der Waals surface area contributed by atoms with Crippen LogP contribution in [0.15, 0.2) is 12.2 Å². The zero-order valence-electron chi connectivity index (χ0n) is 9.26. The van der Waals surface area contributed by atoms with Gasteiger partial charge in [-0.3, -0.25) is 9.59 Å². The Morgan fingerprint density at radius 1 is 1.19 bits per heavy atom. The minimum absolute atomic E-state index is 0.0624. The average Bonchev–Trinajstić information content (AvgIpc) is 2.78. The number of nitrogens with zero attached hydrogens (tertiary/aromatic N) is 1. The van der Waals surface area contributed by atoms with Gasteiger partial charge in [0.25, 0.3) is 0 Å². The van der Waals surface area contributed by atoms with Crippen molar-refractivity contribution >= 4 is 11.9 Å². The molecule has 4 heteroatoms. The first kappa shape index (κ1) is 11.2. The van der Waals surface area contributed by atoms with Crippen LogP contribution in [0.4, 0.5) is 0 Å². The lowest BCUT2D eigenvalue weighted by Gasteiger charge is -2.26. The van der Waals surface area contributed by atoms with E-state index in [1.807, 2.05) is 11.0 Å². The zero-order valence-corrected chi connectivity index (χ0v) is 9.26. The van der Waals surface area contributed by atoms with E-state index in [2.05, 4.69) is 6.08 Å². The molecule has 1 aliphatic heterocycles. The molecule has 0 aromatic heterocycles. The second-order valence-electron chi connectivity index (χ2n) is 4.59. The molecule has 0 bridgehead atoms. The number of aliphatic carboxylic acids is 1. The van der Waals surface area contributed by atoms with Gasteiger partial charge >= 0.3 is 5.97 Å². The van der Waals surface area contributed by atoms with Crippen LogP contribution in [0.3, 0.4) is 0 Å². The number of carbonyl (C=O) groups is 2. The number of amides is 1. The highest BCUT2D eigenvalue weighted by Gasteiger charge is 2.35. The van der Waals surface area contributed by atoms with Gasteiger partial charge < -0.3 is 10.0 Å². The summed E-state index contributed by atoms with van der Waals surface area (Å²) in [7, 11) is 0. The molecule has 1 amide bonds. The van der Waals surface area contributed by atoms with Crippen molar-refractivity contribution in [3.8, 4) is 0 Å². The van der Waals surface area contributed by atoms with Crippen LogP contribution in [-0.2, 0) is 9.59 Å². The van der Waals surface area contributed by atoms with E-state index in [9.17, 15) is 9.59 Å². The molecule has 1 saturated carbocycles. The second-order valence-corrected chi connectivity index (χ2v) is 4.59. The van der Waals surface area contributed by atoms with Gasteiger partial charge in [0, 0.05) is 19.0 Å². The lowest BCUT2D eigenvalue weighted by Crippen LogP contribution is -2.37. The van der Waals surface area contributed by atoms with Gasteiger partial charge in [0.15, 0.2) is 0 Å². The molecule has 0 aromatic carbocycles. The first-order valence-corrected chi connectivity index (χ1v) is 5.85. The molecular weight excluding hydrogens is 206 g/mol. The van der Waals surface area contributed by atoms with Crippen LogP contribution in [0.2, 0.25) is 0 Å². The quantitative estimate of drug-likeness (QED) is 0.717. The summed E-state index contributed by atoms with van der Waals surface area (Å²) in [6.45, 7) is 1.47. The van der Waals surface area contributed by atoms with Crippen molar-refractivity contribution in [3.63, 3.8) is 0 Å². The number of hydrogen-bond acceptors (Lipinski definition) is 2. The maximum atomic E-state index is 12.1. The fraction of sp³-hybridized carbons (Fsp3) is 0.667. The van der Waals surface area contributed by atoms with E-state index in [0.717, 1.165) is 19.4 Å². The summed E-state index contributed by atoms with van der Waals surface area (Å²) in [5, 5.41) is 8.89. The summed E-state index contributed by atoms with van der Waals surface area (Å²) in [4.78, 5) is 24.7. The van der Waals surface area contributed by atoms with E-state index in [-0.39, 0.29) is 17.7 Å². The summed E-state index contributed by atoms with van der Waals surface area (Å²) >= 11 is 0. The Morgan fingerprint density at radius 3 is 2.50 bits per heavy atom. The third kappa shape index (κ3) is 2.26. The van der Waals surface area contributed by atoms with Crippen molar-refractivity contribution in [2.45, 2.75) is 25.7 Å². The standard InChI is InChI=1S/C12H17NO3/c14-11(13-6-2-1-3-7-13)9-4-5-10(8-9)12(15)16/h1-2,9-10H,3-8H2,(H,15,16)/t9-,10+/m1/s1. The van der Waals surface area contributed by atoms with Crippen LogP contribution in [0.1, 0.15) is 25.7 Å². The highest BCUT2D eigenvalue weighted by molar-refractivity contribution is 5.81. The monoisotopic (exact) mass is 223 g/mol. The van der Waals surface area contributed by atoms with Crippen LogP contribution in [0.5, 0.6) is 0 Å². The number of carboxylic acids is 1. The molecule has 2 rings (SSSR count). The molecule has 88 valence electrons. The Hall–Kier alpha value is -1.32. The summed E-state index contributed by atoms with van der Waals surface area (Å²) in [6.07, 6.45) is 6.91. The van der Waals surface area contributed by atoms with E-state index >= 15 is 0 Å². The topological polar surface area (TPSA) is 57.6 Å². The lowest BCUT2D eigenvalue weighted by atomic mass is 10.0. The first-order chi connectivity index (χ1) is 7.68. The molecule has 2 aliphatic rings. The van der Waals surface area contributed by atoms with Crippen LogP contribution in [0.25, 0.3) is 0 Å². The van der Waals surface area contributed by atoms with Crippen molar-refractivity contribution in [2.24, 2.45) is 11.8 Å². The summed E-state index contributed by atoms with van der Waals surface area (Å²) in [6, 6.07) is 0. The summed E-state index contributed by atoms with van der Waals surface area (Å²) < 4.78 is 0. The van der Waals surface area contributed by atoms with Crippen molar-refractivity contribution in [3.05, 3.63) is 12.2 Å². The van der Waals surface area contributed by atoms with Crippen LogP contribution in [0, 0.1) is 11.8 Å². The van der Waals surface area contributed by atoms with Gasteiger partial charge in [0.05, 0.1) is 5.92 Å². The van der Waals surface area contributed by atoms with E-state index in [1.54, 1.807) is 0 Å². The fourth-order valence-corrected chi connectivity index (χ4v) is 2.53. The Balaban J connectivity index is 1.91. The van der Waals surface area contributed by atoms with E-state index in [4.69, 9.17) is 5.11 Å². The number of carboxylic acid groups (broad SMARTS) is 1. The Bertz CT molecular complexity index is 324. The van der Waals surface area contributed by atoms with Crippen LogP contribution >= 0.6 is 0 Å². The average molecular weight is 223 g/mol. The highest BCUT2D eigenvalue weighted by Crippen LogP contribution is 2.32. The number of carbonyl (C=O) groups excluding carboxylic acids is 1. The Morgan fingerprint density at radius 2 is 1.94 bits per heavy atom. The van der Waals surface area contributed by atoms with Gasteiger partial charge in [-0.1, -0.05) is 12.2 Å². The van der Waals surface area contributed by atoms with Crippen LogP contribution in [-0.4, -0.2) is 35.0 Å². The van der Waals surface area contributed by atoms with Gasteiger partial charge in [-0.2, -0.15) is 0 Å². The molecule has 1 aliphatic carbocycles. The first-order valence-electron chi connectivity index (χ1n) is 5.85. The van der Waals surface area contributed by atoms with E-state index < -0.39 is 5.97 Å². The smallest absolute Gasteiger partial charge is 0.306 e. The molecule has 0 saturated heterocycles. The van der Waals surface area contributed by atoms with Crippen molar-refractivity contribution in [1.29, 1.82) is 0 Å². The molecule has 0 spiro atoms. The van der Waals surface area contributed by atoms with E-state index in [0.29, 0.717) is 19.4 Å². The van der Waals surface area contributed by atoms with Gasteiger partial charge in [0.2, 0.25) is 5.91 Å². The molecular formula is C12H17NO3. The normalized spacial score (nSPS) is 29.4. The fourth-order valence-electron chi connectivity index (χ4n) is 2.53. The molecule has 1 fully saturated rings. The van der Waals surface area contributed by atoms with E-state index in [1.165, 1.54) is 0 Å². The van der Waals surface area contributed by atoms with Crippen molar-refractivity contribution < 1.29 is 14.7 Å². The zero-order chi connectivity index (χ0) is 11.5. The SMILES string of the molecule is O=C(O)[C@H]1CC[C@@H](C(=O)N2CC=CCC2)C1. The lowest BCUT2D eigenvalue weighted by molar-refractivity contribution is -0.141. The summed E-state index contributed by atoms with van der Waals surface area (Å²) in [5.41, 5.74) is 0. The van der Waals surface area contributed by atoms with Gasteiger partial charge in [-0.05, 0) is 25.7 Å². The van der Waals surface area contributed by atoms with Crippen molar-refractivity contribution in [2.75, 3.05) is 13.1 Å². The molecule has 0 unspecified atom stereocenters. The minimum atomic E-state index is -0.756. The molecule has 16 heavy (non-hydrogen) atoms. The predicted molar refractivity (Wildman–Crippen MR) is 58.8 cm³/mol. The highest BCUT2D eigenvalue weighted by atomic mass is 16.4. The molecule has 2 atom stereocenters. The maximum Gasteiger partial charge on any atom is 0.306 e. The molecule has 0 aromatic rings. The molecule has 1 heterocycles. The largest absolute Gasteiger partial charge is 0.481 e. The molecule has 1 N–H and O–H groups in total. The minimum Gasteiger partial charge on any atom is -0.481 e. The van der Waals surface area contributed by atoms with Gasteiger partial charge in [0.1, 0.15) is 0 Å². The maximum absolute atomic E-state index is 12.1. The van der Waals surface area contributed by atoms with Crippen molar-refractivity contribution in [1.82, 2.24) is 4.90 Å².